The van der Waals surface area contributed by atoms with E-state index in [2.05, 4.69) is 24.1 Å². The van der Waals surface area contributed by atoms with Crippen LogP contribution in [0.15, 0.2) is 23.1 Å². The number of halogens is 1. The lowest BCUT2D eigenvalue weighted by atomic mass is 10.2. The normalized spacial score (nSPS) is 16.8. The molecule has 26 heavy (non-hydrogen) atoms. The number of carbonyl (C=O) groups is 1. The number of hydrogen-bond acceptors (Lipinski definition) is 4. The van der Waals surface area contributed by atoms with Gasteiger partial charge in [-0.25, -0.2) is 8.42 Å². The maximum atomic E-state index is 12.7. The molecule has 1 aromatic rings. The molecule has 0 saturated carbocycles. The van der Waals surface area contributed by atoms with Crippen molar-refractivity contribution in [3.05, 3.63) is 23.2 Å². The third-order valence-corrected chi connectivity index (χ3v) is 7.17. The Morgan fingerprint density at radius 3 is 2.62 bits per heavy atom. The monoisotopic (exact) mass is 401 g/mol. The van der Waals surface area contributed by atoms with E-state index in [1.54, 1.807) is 0 Å². The van der Waals surface area contributed by atoms with Crippen molar-refractivity contribution in [2.24, 2.45) is 0 Å². The van der Waals surface area contributed by atoms with Crippen LogP contribution < -0.4 is 5.32 Å². The highest BCUT2D eigenvalue weighted by Crippen LogP contribution is 2.28. The van der Waals surface area contributed by atoms with Gasteiger partial charge in [-0.05, 0) is 51.4 Å². The molecule has 146 valence electrons. The Morgan fingerprint density at radius 2 is 2.00 bits per heavy atom. The third-order valence-electron chi connectivity index (χ3n) is 4.95. The van der Waals surface area contributed by atoms with Crippen molar-refractivity contribution in [2.75, 3.05) is 32.0 Å². The van der Waals surface area contributed by atoms with Crippen molar-refractivity contribution in [3.8, 4) is 0 Å². The van der Waals surface area contributed by atoms with Gasteiger partial charge >= 0.3 is 0 Å². The number of amides is 1. The summed E-state index contributed by atoms with van der Waals surface area (Å²) in [5.74, 6) is -0.183. The Labute approximate surface area is 161 Å². The van der Waals surface area contributed by atoms with Gasteiger partial charge in [0.2, 0.25) is 15.9 Å². The van der Waals surface area contributed by atoms with Gasteiger partial charge in [0.25, 0.3) is 0 Å². The SMILES string of the molecule is CCC(C)N(C)CCC(=O)Nc1cc(S(=O)(=O)N2CCCC2)ccc1Cl. The molecule has 6 nitrogen and oxygen atoms in total. The molecule has 1 N–H and O–H groups in total. The first-order valence-electron chi connectivity index (χ1n) is 9.05. The summed E-state index contributed by atoms with van der Waals surface area (Å²) < 4.78 is 26.8. The number of nitrogens with zero attached hydrogens (tertiary/aromatic N) is 2. The first-order valence-corrected chi connectivity index (χ1v) is 10.9. The number of anilines is 1. The van der Waals surface area contributed by atoms with Crippen molar-refractivity contribution >= 4 is 33.2 Å². The van der Waals surface area contributed by atoms with E-state index in [0.717, 1.165) is 19.3 Å². The van der Waals surface area contributed by atoms with E-state index >= 15 is 0 Å². The van der Waals surface area contributed by atoms with Gasteiger partial charge in [0.15, 0.2) is 0 Å². The molecule has 1 aromatic carbocycles. The van der Waals surface area contributed by atoms with Crippen molar-refractivity contribution < 1.29 is 13.2 Å². The van der Waals surface area contributed by atoms with Crippen molar-refractivity contribution in [3.63, 3.8) is 0 Å². The molecule has 0 bridgehead atoms. The fourth-order valence-corrected chi connectivity index (χ4v) is 4.57. The van der Waals surface area contributed by atoms with E-state index in [0.29, 0.717) is 42.8 Å². The first-order chi connectivity index (χ1) is 12.3. The average molecular weight is 402 g/mol. The predicted octanol–water partition coefficient (Wildman–Crippen LogP) is 3.18. The Morgan fingerprint density at radius 1 is 1.35 bits per heavy atom. The average Bonchev–Trinajstić information content (AvgIpc) is 3.16. The number of hydrogen-bond donors (Lipinski definition) is 1. The van der Waals surface area contributed by atoms with Crippen LogP contribution in [0, 0.1) is 0 Å². The molecular weight excluding hydrogens is 374 g/mol. The molecule has 0 radical (unpaired) electrons. The number of carbonyl (C=O) groups excluding carboxylic acids is 1. The number of sulfonamides is 1. The van der Waals surface area contributed by atoms with Crippen LogP contribution in [-0.4, -0.2) is 56.3 Å². The summed E-state index contributed by atoms with van der Waals surface area (Å²) in [7, 11) is -1.56. The molecular formula is C18H28ClN3O3S. The van der Waals surface area contributed by atoms with Crippen LogP contribution in [0.3, 0.4) is 0 Å². The standard InChI is InChI=1S/C18H28ClN3O3S/c1-4-14(2)21(3)12-9-18(23)20-17-13-15(7-8-16(17)19)26(24,25)22-10-5-6-11-22/h7-8,13-14H,4-6,9-12H2,1-3H3,(H,20,23). The Hall–Kier alpha value is -1.15. The van der Waals surface area contributed by atoms with Gasteiger partial charge in [-0.3, -0.25) is 4.79 Å². The summed E-state index contributed by atoms with van der Waals surface area (Å²) in [6, 6.07) is 4.86. The second-order valence-electron chi connectivity index (χ2n) is 6.79. The zero-order valence-electron chi connectivity index (χ0n) is 15.7. The van der Waals surface area contributed by atoms with Crippen LogP contribution in [0.25, 0.3) is 0 Å². The van der Waals surface area contributed by atoms with Gasteiger partial charge in [0.05, 0.1) is 15.6 Å². The first kappa shape index (κ1) is 21.2. The van der Waals surface area contributed by atoms with Crippen LogP contribution in [0.2, 0.25) is 5.02 Å². The van der Waals surface area contributed by atoms with Crippen molar-refractivity contribution in [2.45, 2.75) is 50.5 Å². The summed E-state index contributed by atoms with van der Waals surface area (Å²) in [4.78, 5) is 14.5. The highest BCUT2D eigenvalue weighted by atomic mass is 35.5. The van der Waals surface area contributed by atoms with Crippen molar-refractivity contribution in [1.29, 1.82) is 0 Å². The second kappa shape index (κ2) is 9.17. The minimum Gasteiger partial charge on any atom is -0.325 e. The van der Waals surface area contributed by atoms with Gasteiger partial charge < -0.3 is 10.2 Å². The number of rotatable bonds is 8. The smallest absolute Gasteiger partial charge is 0.243 e. The predicted molar refractivity (Wildman–Crippen MR) is 105 cm³/mol. The van der Waals surface area contributed by atoms with Crippen LogP contribution in [0.4, 0.5) is 5.69 Å². The highest BCUT2D eigenvalue weighted by Gasteiger charge is 2.27. The van der Waals surface area contributed by atoms with E-state index < -0.39 is 10.0 Å². The zero-order chi connectivity index (χ0) is 19.3. The maximum absolute atomic E-state index is 12.7. The molecule has 1 aliphatic rings. The third kappa shape index (κ3) is 5.19. The molecule has 2 rings (SSSR count). The molecule has 0 spiro atoms. The van der Waals surface area contributed by atoms with E-state index in [9.17, 15) is 13.2 Å². The van der Waals surface area contributed by atoms with Gasteiger partial charge in [0.1, 0.15) is 0 Å². The van der Waals surface area contributed by atoms with E-state index in [-0.39, 0.29) is 10.8 Å². The lowest BCUT2D eigenvalue weighted by Crippen LogP contribution is -2.31. The van der Waals surface area contributed by atoms with Gasteiger partial charge in [-0.15, -0.1) is 0 Å². The Kier molecular flexibility index (Phi) is 7.46. The fourth-order valence-electron chi connectivity index (χ4n) is 2.86. The quantitative estimate of drug-likeness (QED) is 0.726. The van der Waals surface area contributed by atoms with Crippen LogP contribution in [0.1, 0.15) is 39.5 Å². The van der Waals surface area contributed by atoms with Gasteiger partial charge in [-0.1, -0.05) is 18.5 Å². The topological polar surface area (TPSA) is 69.7 Å². The van der Waals surface area contributed by atoms with E-state index in [1.807, 2.05) is 7.05 Å². The lowest BCUT2D eigenvalue weighted by molar-refractivity contribution is -0.116. The highest BCUT2D eigenvalue weighted by molar-refractivity contribution is 7.89. The molecule has 1 heterocycles. The molecule has 1 fully saturated rings. The molecule has 0 aromatic heterocycles. The summed E-state index contributed by atoms with van der Waals surface area (Å²) in [6.45, 7) is 5.92. The summed E-state index contributed by atoms with van der Waals surface area (Å²) in [6.07, 6.45) is 3.08. The lowest BCUT2D eigenvalue weighted by Gasteiger charge is -2.23. The largest absolute Gasteiger partial charge is 0.325 e. The number of nitrogens with one attached hydrogen (secondary N) is 1. The van der Waals surface area contributed by atoms with Crippen LogP contribution >= 0.6 is 11.6 Å². The summed E-state index contributed by atoms with van der Waals surface area (Å²) >= 11 is 6.15. The maximum Gasteiger partial charge on any atom is 0.243 e. The molecule has 0 aliphatic carbocycles. The molecule has 1 atom stereocenters. The zero-order valence-corrected chi connectivity index (χ0v) is 17.2. The molecule has 1 saturated heterocycles. The summed E-state index contributed by atoms with van der Waals surface area (Å²) in [5.41, 5.74) is 0.336. The Bertz CT molecular complexity index is 733. The minimum atomic E-state index is -3.54. The minimum absolute atomic E-state index is 0.163. The van der Waals surface area contributed by atoms with Crippen LogP contribution in [0.5, 0.6) is 0 Å². The van der Waals surface area contributed by atoms with Crippen molar-refractivity contribution in [1.82, 2.24) is 9.21 Å². The van der Waals surface area contributed by atoms with Crippen LogP contribution in [-0.2, 0) is 14.8 Å². The van der Waals surface area contributed by atoms with Gasteiger partial charge in [0, 0.05) is 32.1 Å². The molecule has 1 aliphatic heterocycles. The molecule has 1 unspecified atom stereocenters. The van der Waals surface area contributed by atoms with E-state index in [4.69, 9.17) is 11.6 Å². The Balaban J connectivity index is 2.06. The molecule has 1 amide bonds. The fraction of sp³-hybridized carbons (Fsp3) is 0.611. The van der Waals surface area contributed by atoms with Gasteiger partial charge in [-0.2, -0.15) is 4.31 Å². The number of benzene rings is 1. The van der Waals surface area contributed by atoms with E-state index in [1.165, 1.54) is 22.5 Å². The summed E-state index contributed by atoms with van der Waals surface area (Å²) in [5, 5.41) is 3.07. The molecule has 8 heteroatoms. The second-order valence-corrected chi connectivity index (χ2v) is 9.13.